The van der Waals surface area contributed by atoms with Crippen LogP contribution in [-0.2, 0) is 24.1 Å². The molecule has 2 N–H and O–H groups in total. The second kappa shape index (κ2) is 5.92. The summed E-state index contributed by atoms with van der Waals surface area (Å²) in [5, 5.41) is 18.1. The van der Waals surface area contributed by atoms with Gasteiger partial charge in [-0.05, 0) is 12.1 Å². The van der Waals surface area contributed by atoms with Gasteiger partial charge in [0.2, 0.25) is 5.91 Å². The van der Waals surface area contributed by atoms with Crippen LogP contribution in [0.15, 0.2) is 30.5 Å². The fraction of sp³-hybridized carbons (Fsp3) is 0.250. The van der Waals surface area contributed by atoms with Gasteiger partial charge in [0.1, 0.15) is 12.2 Å². The first-order valence-corrected chi connectivity index (χ1v) is 5.86. The Bertz CT molecular complexity index is 639. The molecule has 0 aliphatic heterocycles. The summed E-state index contributed by atoms with van der Waals surface area (Å²) in [6.45, 7) is -0.641. The average molecular weight is 300 g/mol. The van der Waals surface area contributed by atoms with Crippen LogP contribution in [0.4, 0.5) is 18.9 Å². The van der Waals surface area contributed by atoms with Crippen LogP contribution in [0, 0.1) is 0 Å². The highest BCUT2D eigenvalue weighted by Crippen LogP contribution is 2.34. The van der Waals surface area contributed by atoms with Crippen LogP contribution in [0.25, 0.3) is 0 Å². The number of anilines is 1. The third-order valence-electron chi connectivity index (χ3n) is 2.56. The first-order chi connectivity index (χ1) is 9.90. The molecule has 1 heterocycles. The fourth-order valence-electron chi connectivity index (χ4n) is 1.66. The zero-order valence-corrected chi connectivity index (χ0v) is 10.6. The standard InChI is InChI=1S/C12H11F3N4O2/c13-12(14,15)9-3-1-2-4-10(9)16-11(21)6-19-5-8(7-20)17-18-19/h1-5,20H,6-7H2,(H,16,21). The predicted octanol–water partition coefficient (Wildman–Crippen LogP) is 1.43. The van der Waals surface area contributed by atoms with Gasteiger partial charge < -0.3 is 10.4 Å². The maximum absolute atomic E-state index is 12.8. The van der Waals surface area contributed by atoms with Crippen molar-refractivity contribution in [2.75, 3.05) is 5.32 Å². The molecule has 0 spiro atoms. The van der Waals surface area contributed by atoms with E-state index < -0.39 is 17.6 Å². The van der Waals surface area contributed by atoms with Crippen molar-refractivity contribution in [2.24, 2.45) is 0 Å². The molecule has 0 aliphatic rings. The molecule has 0 atom stereocenters. The summed E-state index contributed by atoms with van der Waals surface area (Å²) in [7, 11) is 0. The minimum atomic E-state index is -4.55. The Morgan fingerprint density at radius 1 is 1.33 bits per heavy atom. The SMILES string of the molecule is O=C(Cn1cc(CO)nn1)Nc1ccccc1C(F)(F)F. The second-order valence-electron chi connectivity index (χ2n) is 4.16. The number of aliphatic hydroxyl groups excluding tert-OH is 1. The number of aromatic nitrogens is 3. The molecule has 6 nitrogen and oxygen atoms in total. The van der Waals surface area contributed by atoms with Crippen LogP contribution in [0.5, 0.6) is 0 Å². The highest BCUT2D eigenvalue weighted by molar-refractivity contribution is 5.91. The van der Waals surface area contributed by atoms with Gasteiger partial charge in [-0.2, -0.15) is 13.2 Å². The number of amides is 1. The lowest BCUT2D eigenvalue weighted by molar-refractivity contribution is -0.137. The Morgan fingerprint density at radius 2 is 2.05 bits per heavy atom. The number of nitrogens with one attached hydrogen (secondary N) is 1. The van der Waals surface area contributed by atoms with Crippen molar-refractivity contribution >= 4 is 11.6 Å². The van der Waals surface area contributed by atoms with Crippen LogP contribution in [0.1, 0.15) is 11.3 Å². The summed E-state index contributed by atoms with van der Waals surface area (Å²) >= 11 is 0. The van der Waals surface area contributed by atoms with Crippen LogP contribution < -0.4 is 5.32 Å². The van der Waals surface area contributed by atoms with Crippen molar-refractivity contribution in [3.05, 3.63) is 41.7 Å². The minimum Gasteiger partial charge on any atom is -0.390 e. The van der Waals surface area contributed by atoms with Gasteiger partial charge in [0, 0.05) is 0 Å². The van der Waals surface area contributed by atoms with Crippen LogP contribution in [0.3, 0.4) is 0 Å². The molecular weight excluding hydrogens is 289 g/mol. The van der Waals surface area contributed by atoms with Gasteiger partial charge in [-0.3, -0.25) is 4.79 Å². The number of hydrogen-bond donors (Lipinski definition) is 2. The lowest BCUT2D eigenvalue weighted by Crippen LogP contribution is -2.21. The first-order valence-electron chi connectivity index (χ1n) is 5.86. The Morgan fingerprint density at radius 3 is 2.67 bits per heavy atom. The van der Waals surface area contributed by atoms with Crippen LogP contribution in [-0.4, -0.2) is 26.0 Å². The van der Waals surface area contributed by atoms with E-state index in [4.69, 9.17) is 5.11 Å². The minimum absolute atomic E-state index is 0.262. The van der Waals surface area contributed by atoms with Gasteiger partial charge in [0.15, 0.2) is 0 Å². The monoisotopic (exact) mass is 300 g/mol. The highest BCUT2D eigenvalue weighted by atomic mass is 19.4. The number of carbonyl (C=O) groups excluding carboxylic acids is 1. The lowest BCUT2D eigenvalue weighted by atomic mass is 10.1. The smallest absolute Gasteiger partial charge is 0.390 e. The number of nitrogens with zero attached hydrogens (tertiary/aromatic N) is 3. The number of aliphatic hydroxyl groups is 1. The molecule has 2 aromatic rings. The quantitative estimate of drug-likeness (QED) is 0.895. The zero-order chi connectivity index (χ0) is 15.5. The number of halogens is 3. The Kier molecular flexibility index (Phi) is 4.22. The van der Waals surface area contributed by atoms with E-state index >= 15 is 0 Å². The van der Waals surface area contributed by atoms with E-state index in [-0.39, 0.29) is 24.5 Å². The Balaban J connectivity index is 2.09. The number of benzene rings is 1. The van der Waals surface area contributed by atoms with Gasteiger partial charge in [0.05, 0.1) is 24.1 Å². The number of alkyl halides is 3. The second-order valence-corrected chi connectivity index (χ2v) is 4.16. The largest absolute Gasteiger partial charge is 0.418 e. The predicted molar refractivity (Wildman–Crippen MR) is 66.0 cm³/mol. The molecule has 1 aromatic heterocycles. The molecule has 0 unspecified atom stereocenters. The molecule has 1 aromatic carbocycles. The molecule has 0 saturated carbocycles. The summed E-state index contributed by atoms with van der Waals surface area (Å²) in [6, 6.07) is 4.68. The molecule has 0 aliphatic carbocycles. The third-order valence-corrected chi connectivity index (χ3v) is 2.56. The highest BCUT2D eigenvalue weighted by Gasteiger charge is 2.33. The Hall–Kier alpha value is -2.42. The van der Waals surface area contributed by atoms with E-state index in [1.807, 2.05) is 0 Å². The van der Waals surface area contributed by atoms with Gasteiger partial charge in [-0.15, -0.1) is 5.10 Å². The summed E-state index contributed by atoms with van der Waals surface area (Å²) in [4.78, 5) is 11.7. The molecule has 0 saturated heterocycles. The molecule has 1 amide bonds. The van der Waals surface area contributed by atoms with Crippen molar-refractivity contribution < 1.29 is 23.1 Å². The number of carbonyl (C=O) groups is 1. The van der Waals surface area contributed by atoms with E-state index in [2.05, 4.69) is 15.6 Å². The summed E-state index contributed by atoms with van der Waals surface area (Å²) in [5.41, 5.74) is -0.982. The molecule has 0 radical (unpaired) electrons. The molecule has 21 heavy (non-hydrogen) atoms. The third kappa shape index (κ3) is 3.78. The van der Waals surface area contributed by atoms with Gasteiger partial charge >= 0.3 is 6.18 Å². The maximum atomic E-state index is 12.8. The molecule has 0 fully saturated rings. The summed E-state index contributed by atoms with van der Waals surface area (Å²) < 4.78 is 39.4. The van der Waals surface area contributed by atoms with Crippen molar-refractivity contribution in [3.8, 4) is 0 Å². The number of para-hydroxylation sites is 1. The van der Waals surface area contributed by atoms with Crippen molar-refractivity contribution in [3.63, 3.8) is 0 Å². The maximum Gasteiger partial charge on any atom is 0.418 e. The zero-order valence-electron chi connectivity index (χ0n) is 10.6. The number of rotatable bonds is 4. The summed E-state index contributed by atoms with van der Waals surface area (Å²) in [6.07, 6.45) is -3.23. The molecule has 0 bridgehead atoms. The molecule has 2 rings (SSSR count). The van der Waals surface area contributed by atoms with Gasteiger partial charge in [-0.1, -0.05) is 17.3 Å². The molecular formula is C12H11F3N4O2. The van der Waals surface area contributed by atoms with Crippen molar-refractivity contribution in [2.45, 2.75) is 19.3 Å². The van der Waals surface area contributed by atoms with E-state index in [1.54, 1.807) is 0 Å². The van der Waals surface area contributed by atoms with Gasteiger partial charge in [-0.25, -0.2) is 4.68 Å². The lowest BCUT2D eigenvalue weighted by Gasteiger charge is -2.13. The van der Waals surface area contributed by atoms with E-state index in [0.717, 1.165) is 10.7 Å². The average Bonchev–Trinajstić information content (AvgIpc) is 2.85. The van der Waals surface area contributed by atoms with Crippen molar-refractivity contribution in [1.29, 1.82) is 0 Å². The topological polar surface area (TPSA) is 80.0 Å². The Labute approximate surface area is 117 Å². The van der Waals surface area contributed by atoms with Crippen LogP contribution >= 0.6 is 0 Å². The molecule has 9 heteroatoms. The summed E-state index contributed by atoms with van der Waals surface area (Å²) in [5.74, 6) is -0.680. The van der Waals surface area contributed by atoms with Crippen molar-refractivity contribution in [1.82, 2.24) is 15.0 Å². The van der Waals surface area contributed by atoms with E-state index in [1.165, 1.54) is 24.4 Å². The number of hydrogen-bond acceptors (Lipinski definition) is 4. The van der Waals surface area contributed by atoms with Crippen LogP contribution in [0.2, 0.25) is 0 Å². The first kappa shape index (κ1) is 15.0. The fourth-order valence-corrected chi connectivity index (χ4v) is 1.66. The molecule has 112 valence electrons. The van der Waals surface area contributed by atoms with E-state index in [0.29, 0.717) is 0 Å². The van der Waals surface area contributed by atoms with E-state index in [9.17, 15) is 18.0 Å². The van der Waals surface area contributed by atoms with Gasteiger partial charge in [0.25, 0.3) is 0 Å². The normalized spacial score (nSPS) is 11.4.